The molecule has 4 heterocycles. The predicted octanol–water partition coefficient (Wildman–Crippen LogP) is 2.81. The first kappa shape index (κ1) is 20.5. The summed E-state index contributed by atoms with van der Waals surface area (Å²) in [5, 5.41) is 10.8. The summed E-state index contributed by atoms with van der Waals surface area (Å²) < 4.78 is 18.2. The Labute approximate surface area is 174 Å². The van der Waals surface area contributed by atoms with Crippen LogP contribution < -0.4 is 4.90 Å². The number of nitrogens with zero attached hydrogens (tertiary/aromatic N) is 4. The molecule has 7 nitrogen and oxygen atoms in total. The minimum atomic E-state index is -1.29. The van der Waals surface area contributed by atoms with E-state index in [1.54, 1.807) is 26.3 Å². The standard InChI is InChI=1S/C21H28N4O3S/c1-19(2)10-15-21(5,12-28-19)13-11-22-18(29(6)27)24-17(13)25(15)16-9-7-8-14(23-16)20(3,4)26/h7-9,11,15,26H,10,12H2,1-6H3/t15-,21-,29-/m1/s1. The number of ether oxygens (including phenoxy) is 1. The van der Waals surface area contributed by atoms with Crippen LogP contribution >= 0.6 is 0 Å². The van der Waals surface area contributed by atoms with Crippen molar-refractivity contribution in [2.45, 2.75) is 68.9 Å². The third-order valence-corrected chi connectivity index (χ3v) is 6.66. The summed E-state index contributed by atoms with van der Waals surface area (Å²) in [7, 11) is 0. The van der Waals surface area contributed by atoms with E-state index < -0.39 is 16.8 Å². The summed E-state index contributed by atoms with van der Waals surface area (Å²) in [6.07, 6.45) is 4.14. The molecule has 2 aliphatic heterocycles. The first-order valence-corrected chi connectivity index (χ1v) is 11.3. The zero-order valence-corrected chi connectivity index (χ0v) is 18.6. The van der Waals surface area contributed by atoms with E-state index in [9.17, 15) is 9.66 Å². The lowest BCUT2D eigenvalue weighted by molar-refractivity contribution is -0.0893. The molecule has 0 unspecified atom stereocenters. The van der Waals surface area contributed by atoms with Gasteiger partial charge in [-0.15, -0.1) is 0 Å². The van der Waals surface area contributed by atoms with Crippen molar-refractivity contribution in [2.75, 3.05) is 17.8 Å². The van der Waals surface area contributed by atoms with Gasteiger partial charge in [-0.2, -0.15) is 9.97 Å². The molecule has 156 valence electrons. The molecule has 0 radical (unpaired) electrons. The first-order chi connectivity index (χ1) is 13.4. The number of pyridine rings is 1. The van der Waals surface area contributed by atoms with Crippen molar-refractivity contribution in [2.24, 2.45) is 0 Å². The Balaban J connectivity index is 1.91. The van der Waals surface area contributed by atoms with E-state index in [1.807, 2.05) is 18.2 Å². The monoisotopic (exact) mass is 416 g/mol. The molecule has 0 saturated carbocycles. The molecule has 0 amide bonds. The Kier molecular flexibility index (Phi) is 4.70. The molecule has 2 aromatic rings. The molecule has 0 aliphatic carbocycles. The summed E-state index contributed by atoms with van der Waals surface area (Å²) in [6.45, 7) is 10.3. The van der Waals surface area contributed by atoms with Crippen LogP contribution in [-0.4, -0.2) is 49.1 Å². The summed E-state index contributed by atoms with van der Waals surface area (Å²) >= 11 is -1.29. The van der Waals surface area contributed by atoms with Crippen molar-refractivity contribution in [3.8, 4) is 0 Å². The molecule has 0 bridgehead atoms. The van der Waals surface area contributed by atoms with Gasteiger partial charge in [-0.1, -0.05) is 13.0 Å². The van der Waals surface area contributed by atoms with Crippen LogP contribution in [0.1, 0.15) is 52.3 Å². The van der Waals surface area contributed by atoms with Gasteiger partial charge in [-0.25, -0.2) is 4.98 Å². The van der Waals surface area contributed by atoms with Crippen LogP contribution in [0.5, 0.6) is 0 Å². The van der Waals surface area contributed by atoms with Crippen molar-refractivity contribution in [1.82, 2.24) is 15.0 Å². The second-order valence-electron chi connectivity index (χ2n) is 9.34. The number of hydrogen-bond acceptors (Lipinski definition) is 7. The van der Waals surface area contributed by atoms with E-state index in [4.69, 9.17) is 9.72 Å². The van der Waals surface area contributed by atoms with Gasteiger partial charge in [0, 0.05) is 28.4 Å². The van der Waals surface area contributed by atoms with Crippen LogP contribution in [0.25, 0.3) is 0 Å². The van der Waals surface area contributed by atoms with Crippen molar-refractivity contribution in [1.29, 1.82) is 0 Å². The Hall–Kier alpha value is -1.74. The lowest BCUT2D eigenvalue weighted by atomic mass is 9.73. The van der Waals surface area contributed by atoms with Gasteiger partial charge >= 0.3 is 5.16 Å². The molecular weight excluding hydrogens is 388 g/mol. The maximum Gasteiger partial charge on any atom is 0.344 e. The molecule has 3 atom stereocenters. The summed E-state index contributed by atoms with van der Waals surface area (Å²) in [4.78, 5) is 15.9. The third kappa shape index (κ3) is 3.42. The smallest absolute Gasteiger partial charge is 0.344 e. The average Bonchev–Trinajstić information content (AvgIpc) is 2.88. The molecular formula is C21H28N4O3S. The molecule has 0 spiro atoms. The number of rotatable bonds is 3. The Morgan fingerprint density at radius 2 is 2.00 bits per heavy atom. The maximum atomic E-state index is 12.1. The highest BCUT2D eigenvalue weighted by molar-refractivity contribution is 7.90. The average molecular weight is 417 g/mol. The van der Waals surface area contributed by atoms with Crippen molar-refractivity contribution in [3.63, 3.8) is 0 Å². The lowest BCUT2D eigenvalue weighted by Crippen LogP contribution is -2.54. The van der Waals surface area contributed by atoms with Crippen molar-refractivity contribution < 1.29 is 14.4 Å². The number of aromatic nitrogens is 3. The van der Waals surface area contributed by atoms with Gasteiger partial charge in [0.2, 0.25) is 0 Å². The quantitative estimate of drug-likeness (QED) is 0.607. The van der Waals surface area contributed by atoms with Crippen LogP contribution in [0.15, 0.2) is 29.6 Å². The van der Waals surface area contributed by atoms with E-state index >= 15 is 0 Å². The third-order valence-electron chi connectivity index (χ3n) is 5.95. The van der Waals surface area contributed by atoms with Gasteiger partial charge in [-0.05, 0) is 46.2 Å². The second-order valence-corrected chi connectivity index (χ2v) is 10.6. The van der Waals surface area contributed by atoms with Crippen LogP contribution in [0.2, 0.25) is 0 Å². The van der Waals surface area contributed by atoms with Gasteiger partial charge in [-0.3, -0.25) is 0 Å². The number of aliphatic hydroxyl groups is 1. The molecule has 1 saturated heterocycles. The van der Waals surface area contributed by atoms with Crippen LogP contribution in [0.4, 0.5) is 11.6 Å². The van der Waals surface area contributed by atoms with E-state index in [-0.39, 0.29) is 17.1 Å². The zero-order chi connectivity index (χ0) is 21.2. The molecule has 4 rings (SSSR count). The summed E-state index contributed by atoms with van der Waals surface area (Å²) in [6, 6.07) is 5.70. The second kappa shape index (κ2) is 6.63. The highest BCUT2D eigenvalue weighted by atomic mass is 32.2. The fourth-order valence-electron chi connectivity index (χ4n) is 4.22. The fourth-order valence-corrected chi connectivity index (χ4v) is 4.64. The Bertz CT molecular complexity index is 944. The van der Waals surface area contributed by atoms with E-state index in [0.29, 0.717) is 23.3 Å². The molecule has 1 N–H and O–H groups in total. The Morgan fingerprint density at radius 1 is 1.28 bits per heavy atom. The summed E-state index contributed by atoms with van der Waals surface area (Å²) in [5.41, 5.74) is -0.0985. The van der Waals surface area contributed by atoms with Crippen molar-refractivity contribution >= 4 is 22.8 Å². The van der Waals surface area contributed by atoms with E-state index in [2.05, 4.69) is 35.6 Å². The predicted molar refractivity (Wildman–Crippen MR) is 112 cm³/mol. The first-order valence-electron chi connectivity index (χ1n) is 9.76. The topological polar surface area (TPSA) is 94.4 Å². The fraction of sp³-hybridized carbons (Fsp3) is 0.571. The Morgan fingerprint density at radius 3 is 2.66 bits per heavy atom. The van der Waals surface area contributed by atoms with E-state index in [0.717, 1.165) is 17.8 Å². The highest BCUT2D eigenvalue weighted by Crippen LogP contribution is 2.52. The maximum absolute atomic E-state index is 12.1. The van der Waals surface area contributed by atoms with Crippen LogP contribution in [0.3, 0.4) is 0 Å². The van der Waals surface area contributed by atoms with Crippen LogP contribution in [-0.2, 0) is 26.9 Å². The molecule has 2 aliphatic rings. The van der Waals surface area contributed by atoms with Gasteiger partial charge in [0.1, 0.15) is 23.5 Å². The minimum absolute atomic E-state index is 0.0562. The number of hydrogen-bond donors (Lipinski definition) is 1. The lowest BCUT2D eigenvalue weighted by Gasteiger charge is -2.46. The van der Waals surface area contributed by atoms with Gasteiger partial charge in [0.15, 0.2) is 0 Å². The van der Waals surface area contributed by atoms with Gasteiger partial charge < -0.3 is 19.3 Å². The normalized spacial score (nSPS) is 26.8. The molecule has 0 aromatic carbocycles. The number of fused-ring (bicyclic) bond motifs is 3. The minimum Gasteiger partial charge on any atom is -0.609 e. The molecule has 2 aromatic heterocycles. The molecule has 8 heteroatoms. The zero-order valence-electron chi connectivity index (χ0n) is 17.8. The number of anilines is 2. The van der Waals surface area contributed by atoms with Crippen molar-refractivity contribution in [3.05, 3.63) is 35.7 Å². The molecule has 1 fully saturated rings. The SMILES string of the molecule is C[S@@+]([O-])c1ncc2c(n1)N(c1cccc(C(C)(C)O)n1)[C@@H]1CC(C)(C)OC[C@]21C. The highest BCUT2D eigenvalue weighted by Gasteiger charge is 2.55. The molecule has 29 heavy (non-hydrogen) atoms. The largest absolute Gasteiger partial charge is 0.609 e. The summed E-state index contributed by atoms with van der Waals surface area (Å²) in [5.74, 6) is 1.43. The van der Waals surface area contributed by atoms with Crippen LogP contribution in [0, 0.1) is 0 Å². The van der Waals surface area contributed by atoms with Gasteiger partial charge in [0.25, 0.3) is 0 Å². The van der Waals surface area contributed by atoms with Gasteiger partial charge in [0.05, 0.1) is 23.9 Å². The van der Waals surface area contributed by atoms with E-state index in [1.165, 1.54) is 0 Å².